The van der Waals surface area contributed by atoms with Gasteiger partial charge in [-0.15, -0.1) is 0 Å². The molecule has 2 heterocycles. The minimum atomic E-state index is -0.409. The minimum absolute atomic E-state index is 0.00211. The third-order valence-electron chi connectivity index (χ3n) is 6.52. The maximum absolute atomic E-state index is 12.9. The number of anilines is 1. The molecule has 0 bridgehead atoms. The van der Waals surface area contributed by atoms with Crippen LogP contribution in [-0.4, -0.2) is 53.8 Å². The van der Waals surface area contributed by atoms with Crippen LogP contribution in [0.5, 0.6) is 0 Å². The number of hydrogen-bond donors (Lipinski definition) is 1. The lowest BCUT2D eigenvalue weighted by Crippen LogP contribution is -2.48. The number of ether oxygens (including phenoxy) is 1. The van der Waals surface area contributed by atoms with Gasteiger partial charge in [0.1, 0.15) is 0 Å². The van der Waals surface area contributed by atoms with Crippen LogP contribution in [-0.2, 0) is 11.3 Å². The van der Waals surface area contributed by atoms with Crippen molar-refractivity contribution >= 4 is 29.3 Å². The number of nitrogens with one attached hydrogen (secondary N) is 1. The summed E-state index contributed by atoms with van der Waals surface area (Å²) in [4.78, 5) is 54.2. The Bertz CT molecular complexity index is 1340. The average molecular weight is 498 g/mol. The van der Waals surface area contributed by atoms with Crippen molar-refractivity contribution in [3.05, 3.63) is 101 Å². The van der Waals surface area contributed by atoms with E-state index in [1.807, 2.05) is 26.0 Å². The SMILES string of the molecule is CC1CN(C(=O)c2ccc(CNC(=O)c3cccc(N4C(=O)c5ccccc5C4=O)c3)cc2)CC(C)O1. The first-order valence-electron chi connectivity index (χ1n) is 12.2. The summed E-state index contributed by atoms with van der Waals surface area (Å²) in [6, 6.07) is 20.2. The van der Waals surface area contributed by atoms with Crippen LogP contribution < -0.4 is 10.2 Å². The molecule has 3 aromatic rings. The maximum atomic E-state index is 12.9. The van der Waals surface area contributed by atoms with Gasteiger partial charge in [-0.3, -0.25) is 19.2 Å². The van der Waals surface area contributed by atoms with Gasteiger partial charge in [-0.05, 0) is 61.9 Å². The van der Waals surface area contributed by atoms with Crippen molar-refractivity contribution < 1.29 is 23.9 Å². The van der Waals surface area contributed by atoms with Crippen LogP contribution in [0.1, 0.15) is 60.8 Å². The second kappa shape index (κ2) is 9.99. The summed E-state index contributed by atoms with van der Waals surface area (Å²) in [5.74, 6) is -1.19. The number of fused-ring (bicyclic) bond motifs is 1. The van der Waals surface area contributed by atoms with Gasteiger partial charge < -0.3 is 15.0 Å². The Balaban J connectivity index is 1.22. The summed E-state index contributed by atoms with van der Waals surface area (Å²) in [6.45, 7) is 5.28. The highest BCUT2D eigenvalue weighted by atomic mass is 16.5. The third kappa shape index (κ3) is 4.88. The molecular weight excluding hydrogens is 470 g/mol. The van der Waals surface area contributed by atoms with E-state index in [1.165, 1.54) is 6.07 Å². The van der Waals surface area contributed by atoms with Gasteiger partial charge in [0.25, 0.3) is 23.6 Å². The van der Waals surface area contributed by atoms with E-state index in [4.69, 9.17) is 4.74 Å². The largest absolute Gasteiger partial charge is 0.372 e. The molecule has 2 atom stereocenters. The standard InChI is InChI=1S/C29H27N3O5/c1-18-16-31(17-19(2)37-18)27(34)21-12-10-20(11-13-21)15-30-26(33)22-6-5-7-23(14-22)32-28(35)24-8-3-4-9-25(24)29(32)36/h3-14,18-19H,15-17H2,1-2H3,(H,30,33). The summed E-state index contributed by atoms with van der Waals surface area (Å²) in [6.07, 6.45) is -0.00422. The molecule has 8 heteroatoms. The second-order valence-electron chi connectivity index (χ2n) is 9.39. The molecule has 8 nitrogen and oxygen atoms in total. The molecule has 1 N–H and O–H groups in total. The van der Waals surface area contributed by atoms with Gasteiger partial charge in [0, 0.05) is 30.8 Å². The van der Waals surface area contributed by atoms with Gasteiger partial charge in [0.15, 0.2) is 0 Å². The zero-order valence-electron chi connectivity index (χ0n) is 20.6. The molecule has 3 aromatic carbocycles. The van der Waals surface area contributed by atoms with Crippen LogP contribution in [0.4, 0.5) is 5.69 Å². The van der Waals surface area contributed by atoms with Crippen molar-refractivity contribution in [3.8, 4) is 0 Å². The molecule has 0 saturated carbocycles. The van der Waals surface area contributed by atoms with E-state index in [9.17, 15) is 19.2 Å². The number of benzene rings is 3. The van der Waals surface area contributed by atoms with E-state index in [0.717, 1.165) is 10.5 Å². The first-order valence-corrected chi connectivity index (χ1v) is 12.2. The summed E-state index contributed by atoms with van der Waals surface area (Å²) >= 11 is 0. The molecule has 0 spiro atoms. The number of carbonyl (C=O) groups is 4. The zero-order chi connectivity index (χ0) is 26.1. The highest BCUT2D eigenvalue weighted by Crippen LogP contribution is 2.28. The van der Waals surface area contributed by atoms with Crippen molar-refractivity contribution in [2.75, 3.05) is 18.0 Å². The lowest BCUT2D eigenvalue weighted by Gasteiger charge is -2.35. The van der Waals surface area contributed by atoms with Crippen LogP contribution in [0.3, 0.4) is 0 Å². The molecule has 37 heavy (non-hydrogen) atoms. The number of amides is 4. The van der Waals surface area contributed by atoms with Gasteiger partial charge >= 0.3 is 0 Å². The van der Waals surface area contributed by atoms with Crippen LogP contribution in [0.15, 0.2) is 72.8 Å². The Morgan fingerprint density at radius 3 is 2.08 bits per heavy atom. The fourth-order valence-corrected chi connectivity index (χ4v) is 4.79. The van der Waals surface area contributed by atoms with Crippen LogP contribution in [0.2, 0.25) is 0 Å². The number of imide groups is 1. The van der Waals surface area contributed by atoms with Crippen molar-refractivity contribution in [3.63, 3.8) is 0 Å². The van der Waals surface area contributed by atoms with E-state index >= 15 is 0 Å². The van der Waals surface area contributed by atoms with Crippen molar-refractivity contribution in [2.45, 2.75) is 32.6 Å². The first-order chi connectivity index (χ1) is 17.8. The van der Waals surface area contributed by atoms with Crippen LogP contribution in [0.25, 0.3) is 0 Å². The number of morpholine rings is 1. The van der Waals surface area contributed by atoms with Gasteiger partial charge in [0.05, 0.1) is 29.0 Å². The first kappa shape index (κ1) is 24.4. The third-order valence-corrected chi connectivity index (χ3v) is 6.52. The number of rotatable bonds is 5. The predicted molar refractivity (Wildman–Crippen MR) is 138 cm³/mol. The molecule has 5 rings (SSSR count). The Labute approximate surface area is 214 Å². The molecule has 188 valence electrons. The molecule has 0 aromatic heterocycles. The number of hydrogen-bond acceptors (Lipinski definition) is 5. The van der Waals surface area contributed by atoms with Crippen molar-refractivity contribution in [1.29, 1.82) is 0 Å². The Kier molecular flexibility index (Phi) is 6.58. The zero-order valence-corrected chi connectivity index (χ0v) is 20.6. The summed E-state index contributed by atoms with van der Waals surface area (Å²) in [7, 11) is 0. The molecule has 2 unspecified atom stereocenters. The highest BCUT2D eigenvalue weighted by molar-refractivity contribution is 6.34. The molecule has 2 aliphatic heterocycles. The molecule has 0 radical (unpaired) electrons. The Morgan fingerprint density at radius 1 is 0.838 bits per heavy atom. The van der Waals surface area contributed by atoms with Gasteiger partial charge in [-0.25, -0.2) is 4.90 Å². The molecule has 2 aliphatic rings. The highest BCUT2D eigenvalue weighted by Gasteiger charge is 2.36. The lowest BCUT2D eigenvalue weighted by molar-refractivity contribution is -0.0586. The number of nitrogens with zero attached hydrogens (tertiary/aromatic N) is 2. The summed E-state index contributed by atoms with van der Waals surface area (Å²) in [5, 5.41) is 2.86. The average Bonchev–Trinajstić information content (AvgIpc) is 3.16. The smallest absolute Gasteiger partial charge is 0.266 e. The van der Waals surface area contributed by atoms with Crippen molar-refractivity contribution in [2.24, 2.45) is 0 Å². The minimum Gasteiger partial charge on any atom is -0.372 e. The molecule has 1 fully saturated rings. The van der Waals surface area contributed by atoms with Gasteiger partial charge in [-0.1, -0.05) is 30.3 Å². The molecular formula is C29H27N3O5. The van der Waals surface area contributed by atoms with Crippen molar-refractivity contribution in [1.82, 2.24) is 10.2 Å². The van der Waals surface area contributed by atoms with Gasteiger partial charge in [0.2, 0.25) is 0 Å². The normalized spacial score (nSPS) is 19.1. The fraction of sp³-hybridized carbons (Fsp3) is 0.241. The lowest BCUT2D eigenvalue weighted by atomic mass is 10.1. The molecule has 4 amide bonds. The maximum Gasteiger partial charge on any atom is 0.266 e. The Hall–Kier alpha value is -4.30. The quantitative estimate of drug-likeness (QED) is 0.543. The van der Waals surface area contributed by atoms with Gasteiger partial charge in [-0.2, -0.15) is 0 Å². The fourth-order valence-electron chi connectivity index (χ4n) is 4.79. The predicted octanol–water partition coefficient (Wildman–Crippen LogP) is 3.67. The van der Waals surface area contributed by atoms with E-state index in [0.29, 0.717) is 41.0 Å². The topological polar surface area (TPSA) is 96.0 Å². The van der Waals surface area contributed by atoms with E-state index in [-0.39, 0.29) is 30.6 Å². The Morgan fingerprint density at radius 2 is 1.46 bits per heavy atom. The van der Waals surface area contributed by atoms with E-state index in [1.54, 1.807) is 59.5 Å². The second-order valence-corrected chi connectivity index (χ2v) is 9.39. The van der Waals surface area contributed by atoms with Crippen LogP contribution in [0, 0.1) is 0 Å². The summed E-state index contributed by atoms with van der Waals surface area (Å²) in [5.41, 5.74) is 2.80. The monoisotopic (exact) mass is 497 g/mol. The summed E-state index contributed by atoms with van der Waals surface area (Å²) < 4.78 is 5.70. The molecule has 0 aliphatic carbocycles. The van der Waals surface area contributed by atoms with E-state index < -0.39 is 11.8 Å². The van der Waals surface area contributed by atoms with Crippen LogP contribution >= 0.6 is 0 Å². The number of carbonyl (C=O) groups excluding carboxylic acids is 4. The van der Waals surface area contributed by atoms with E-state index in [2.05, 4.69) is 5.32 Å². The molecule has 1 saturated heterocycles.